The van der Waals surface area contributed by atoms with E-state index in [0.29, 0.717) is 22.8 Å². The Kier molecular flexibility index (Phi) is 6.71. The molecule has 1 saturated carbocycles. The first-order valence-corrected chi connectivity index (χ1v) is 13.3. The molecule has 4 unspecified atom stereocenters. The molecule has 9 heteroatoms. The van der Waals surface area contributed by atoms with Gasteiger partial charge in [0.05, 0.1) is 18.6 Å². The van der Waals surface area contributed by atoms with Crippen molar-refractivity contribution >= 4 is 11.8 Å². The number of fused-ring (bicyclic) bond motifs is 4. The minimum absolute atomic E-state index is 0.0375. The lowest BCUT2D eigenvalue weighted by Crippen LogP contribution is -2.56. The van der Waals surface area contributed by atoms with Gasteiger partial charge in [0.1, 0.15) is 18.0 Å². The maximum atomic E-state index is 13.9. The third kappa shape index (κ3) is 4.39. The molecule has 2 aliphatic carbocycles. The Bertz CT molecular complexity index is 1260. The fourth-order valence-electron chi connectivity index (χ4n) is 6.16. The summed E-state index contributed by atoms with van der Waals surface area (Å²) < 4.78 is 17.2. The summed E-state index contributed by atoms with van der Waals surface area (Å²) in [5, 5.41) is 23.8. The molecule has 0 saturated heterocycles. The number of hydrogen-bond acceptors (Lipinski definition) is 7. The fraction of sp³-hybridized carbons (Fsp3) is 0.448. The molecule has 2 aromatic carbocycles. The smallest absolute Gasteiger partial charge is 0.247 e. The summed E-state index contributed by atoms with van der Waals surface area (Å²) in [7, 11) is 0. The van der Waals surface area contributed by atoms with E-state index in [9.17, 15) is 19.8 Å². The highest BCUT2D eigenvalue weighted by molar-refractivity contribution is 5.96. The van der Waals surface area contributed by atoms with E-state index >= 15 is 0 Å². The van der Waals surface area contributed by atoms with Crippen molar-refractivity contribution in [3.8, 4) is 17.2 Å². The minimum atomic E-state index is -1.05. The minimum Gasteiger partial charge on any atom is -0.486 e. The van der Waals surface area contributed by atoms with Gasteiger partial charge in [-0.05, 0) is 42.7 Å². The van der Waals surface area contributed by atoms with E-state index in [1.165, 1.54) is 0 Å². The van der Waals surface area contributed by atoms with Crippen LogP contribution in [-0.4, -0.2) is 65.1 Å². The van der Waals surface area contributed by atoms with Gasteiger partial charge in [-0.25, -0.2) is 0 Å². The monoisotopic (exact) mass is 520 g/mol. The molecular formula is C29H32N2O7. The van der Waals surface area contributed by atoms with Crippen LogP contribution in [0.2, 0.25) is 0 Å². The van der Waals surface area contributed by atoms with Crippen LogP contribution < -0.4 is 19.5 Å². The van der Waals surface area contributed by atoms with Gasteiger partial charge in [-0.1, -0.05) is 37.1 Å². The zero-order valence-electron chi connectivity index (χ0n) is 21.0. The van der Waals surface area contributed by atoms with Crippen LogP contribution in [0.1, 0.15) is 42.7 Å². The molecule has 2 aliphatic heterocycles. The highest BCUT2D eigenvalue weighted by Gasteiger charge is 2.50. The number of hydrogen-bond donors (Lipinski definition) is 3. The van der Waals surface area contributed by atoms with Crippen molar-refractivity contribution in [2.75, 3.05) is 19.9 Å². The number of aliphatic hydroxyl groups is 2. The van der Waals surface area contributed by atoms with Crippen molar-refractivity contribution in [3.05, 3.63) is 65.2 Å². The molecule has 9 nitrogen and oxygen atoms in total. The molecule has 4 aliphatic rings. The number of nitrogens with one attached hydrogen (secondary N) is 1. The van der Waals surface area contributed by atoms with Crippen LogP contribution in [0, 0.1) is 5.92 Å². The molecule has 6 rings (SSSR count). The molecule has 3 N–H and O–H groups in total. The number of ether oxygens (including phenoxy) is 3. The van der Waals surface area contributed by atoms with Crippen LogP contribution in [-0.2, 0) is 16.1 Å². The predicted molar refractivity (Wildman–Crippen MR) is 137 cm³/mol. The highest BCUT2D eigenvalue weighted by Crippen LogP contribution is 2.47. The van der Waals surface area contributed by atoms with Gasteiger partial charge in [-0.15, -0.1) is 0 Å². The third-order valence-corrected chi connectivity index (χ3v) is 8.01. The van der Waals surface area contributed by atoms with E-state index < -0.39 is 24.2 Å². The molecule has 200 valence electrons. The van der Waals surface area contributed by atoms with Crippen molar-refractivity contribution < 1.29 is 34.0 Å². The van der Waals surface area contributed by atoms with Gasteiger partial charge in [0.2, 0.25) is 18.6 Å². The summed E-state index contributed by atoms with van der Waals surface area (Å²) in [4.78, 5) is 29.0. The zero-order chi connectivity index (χ0) is 26.2. The first-order chi connectivity index (χ1) is 18.5. The fourth-order valence-corrected chi connectivity index (χ4v) is 6.16. The van der Waals surface area contributed by atoms with Gasteiger partial charge in [0, 0.05) is 30.1 Å². The van der Waals surface area contributed by atoms with Crippen molar-refractivity contribution in [2.45, 2.75) is 56.4 Å². The molecule has 2 aromatic rings. The molecule has 38 heavy (non-hydrogen) atoms. The molecular weight excluding hydrogens is 488 g/mol. The average molecular weight is 521 g/mol. The summed E-state index contributed by atoms with van der Waals surface area (Å²) >= 11 is 0. The molecule has 1 fully saturated rings. The zero-order valence-corrected chi connectivity index (χ0v) is 21.0. The molecule has 0 aromatic heterocycles. The van der Waals surface area contributed by atoms with Gasteiger partial charge in [0.25, 0.3) is 0 Å². The maximum absolute atomic E-state index is 13.9. The second-order valence-corrected chi connectivity index (χ2v) is 10.3. The molecule has 4 atom stereocenters. The Hall–Kier alpha value is -3.56. The van der Waals surface area contributed by atoms with Crippen LogP contribution in [0.25, 0.3) is 0 Å². The Balaban J connectivity index is 1.39. The summed E-state index contributed by atoms with van der Waals surface area (Å²) in [6.45, 7) is 0.300. The first kappa shape index (κ1) is 24.8. The Labute approximate surface area is 221 Å². The van der Waals surface area contributed by atoms with Crippen LogP contribution in [0.3, 0.4) is 0 Å². The van der Waals surface area contributed by atoms with Crippen LogP contribution in [0.4, 0.5) is 0 Å². The van der Waals surface area contributed by atoms with E-state index in [1.807, 2.05) is 42.5 Å². The maximum Gasteiger partial charge on any atom is 0.247 e. The second kappa shape index (κ2) is 10.3. The number of nitrogens with zero attached hydrogens (tertiary/aromatic N) is 1. The van der Waals surface area contributed by atoms with Gasteiger partial charge in [-0.3, -0.25) is 9.59 Å². The molecule has 2 heterocycles. The Morgan fingerprint density at radius 2 is 1.82 bits per heavy atom. The quantitative estimate of drug-likeness (QED) is 0.513. The average Bonchev–Trinajstić information content (AvgIpc) is 3.70. The lowest BCUT2D eigenvalue weighted by molar-refractivity contribution is -0.142. The van der Waals surface area contributed by atoms with Crippen molar-refractivity contribution in [1.82, 2.24) is 10.2 Å². The van der Waals surface area contributed by atoms with Crippen molar-refractivity contribution in [1.29, 1.82) is 0 Å². The Morgan fingerprint density at radius 1 is 1.03 bits per heavy atom. The lowest BCUT2D eigenvalue weighted by Gasteiger charge is -2.41. The highest BCUT2D eigenvalue weighted by atomic mass is 16.7. The lowest BCUT2D eigenvalue weighted by atomic mass is 9.77. The Morgan fingerprint density at radius 3 is 2.63 bits per heavy atom. The van der Waals surface area contributed by atoms with E-state index in [-0.39, 0.29) is 44.2 Å². The van der Waals surface area contributed by atoms with E-state index in [1.54, 1.807) is 11.0 Å². The van der Waals surface area contributed by atoms with Gasteiger partial charge in [0.15, 0.2) is 11.5 Å². The normalized spacial score (nSPS) is 25.3. The van der Waals surface area contributed by atoms with Crippen molar-refractivity contribution in [2.24, 2.45) is 5.92 Å². The number of amides is 2. The van der Waals surface area contributed by atoms with Crippen molar-refractivity contribution in [3.63, 3.8) is 0 Å². The summed E-state index contributed by atoms with van der Waals surface area (Å²) in [6, 6.07) is 12.2. The van der Waals surface area contributed by atoms with Gasteiger partial charge >= 0.3 is 0 Å². The number of carbonyl (C=O) groups is 2. The predicted octanol–water partition coefficient (Wildman–Crippen LogP) is 2.26. The summed E-state index contributed by atoms with van der Waals surface area (Å²) in [5.41, 5.74) is 2.09. The standard InChI is InChI=1S/C29H32N2O7/c32-12-11-30-28(34)20-14-21(26(33)27-25(20)19-7-3-4-8-22(19)38-27)31(29(35)18-5-1-2-6-18)15-17-9-10-23-24(13-17)37-16-36-23/h3-4,7-10,13-14,18,21,25-27,32-33H,1-2,5-6,11-12,15-16H2,(H,30,34). The number of rotatable bonds is 7. The molecule has 2 amide bonds. The van der Waals surface area contributed by atoms with E-state index in [4.69, 9.17) is 14.2 Å². The SMILES string of the molecule is O=C(NCCO)C1=CC(N(Cc2ccc3c(c2)OCO3)C(=O)C2CCCC2)C(O)C2Oc3ccccc3C12. The largest absolute Gasteiger partial charge is 0.486 e. The van der Waals surface area contributed by atoms with Gasteiger partial charge in [-0.2, -0.15) is 0 Å². The second-order valence-electron chi connectivity index (χ2n) is 10.3. The number of benzene rings is 2. The van der Waals surface area contributed by atoms with E-state index in [0.717, 1.165) is 36.8 Å². The van der Waals surface area contributed by atoms with Crippen LogP contribution in [0.5, 0.6) is 17.2 Å². The third-order valence-electron chi connectivity index (χ3n) is 8.01. The molecule has 0 spiro atoms. The van der Waals surface area contributed by atoms with Gasteiger partial charge < -0.3 is 34.6 Å². The summed E-state index contributed by atoms with van der Waals surface area (Å²) in [5.74, 6) is 0.900. The van der Waals surface area contributed by atoms with Crippen LogP contribution in [0.15, 0.2) is 54.1 Å². The molecule has 0 radical (unpaired) electrons. The molecule has 0 bridgehead atoms. The number of carbonyl (C=O) groups excluding carboxylic acids is 2. The van der Waals surface area contributed by atoms with E-state index in [2.05, 4.69) is 5.32 Å². The summed E-state index contributed by atoms with van der Waals surface area (Å²) in [6.07, 6.45) is 3.55. The first-order valence-electron chi connectivity index (χ1n) is 13.3. The number of aliphatic hydroxyl groups excluding tert-OH is 2. The number of para-hydroxylation sites is 1. The van der Waals surface area contributed by atoms with Crippen LogP contribution >= 0.6 is 0 Å². The topological polar surface area (TPSA) is 118 Å².